The fraction of sp³-hybridized carbons (Fsp3) is 0.938. The second-order valence-corrected chi connectivity index (χ2v) is 6.71. The maximum absolute atomic E-state index is 4.52. The molecular weight excluding hydrogens is 375 g/mol. The van der Waals surface area contributed by atoms with Gasteiger partial charge in [0.2, 0.25) is 0 Å². The van der Waals surface area contributed by atoms with Crippen LogP contribution in [0.5, 0.6) is 0 Å². The van der Waals surface area contributed by atoms with E-state index in [0.717, 1.165) is 17.9 Å². The maximum Gasteiger partial charge on any atom is 0.193 e. The van der Waals surface area contributed by atoms with Crippen LogP contribution in [0, 0.1) is 5.92 Å². The van der Waals surface area contributed by atoms with Gasteiger partial charge in [0, 0.05) is 32.2 Å². The monoisotopic (exact) mass is 406 g/mol. The fourth-order valence-corrected chi connectivity index (χ4v) is 3.92. The summed E-state index contributed by atoms with van der Waals surface area (Å²) in [5, 5.41) is 3.69. The van der Waals surface area contributed by atoms with E-state index in [4.69, 9.17) is 0 Å². The molecule has 0 aromatic heterocycles. The highest BCUT2D eigenvalue weighted by molar-refractivity contribution is 14.0. The standard InChI is InChI=1S/C16H30N4.HI/c1-3-6-13-11-15(13)18-16(17-2)20-10-7-14(12-20)19-8-4-5-9-19;/h13-15H,3-12H2,1-2H3,(H,17,18);1H. The summed E-state index contributed by atoms with van der Waals surface area (Å²) >= 11 is 0. The van der Waals surface area contributed by atoms with E-state index in [2.05, 4.69) is 27.0 Å². The topological polar surface area (TPSA) is 30.9 Å². The molecule has 2 heterocycles. The van der Waals surface area contributed by atoms with Gasteiger partial charge in [0.25, 0.3) is 0 Å². The van der Waals surface area contributed by atoms with Gasteiger partial charge in [-0.05, 0) is 51.1 Å². The Balaban J connectivity index is 0.00000161. The number of rotatable bonds is 4. The highest BCUT2D eigenvalue weighted by Gasteiger charge is 2.38. The zero-order chi connectivity index (χ0) is 13.9. The Morgan fingerprint density at radius 3 is 2.67 bits per heavy atom. The second-order valence-electron chi connectivity index (χ2n) is 6.71. The summed E-state index contributed by atoms with van der Waals surface area (Å²) in [6.45, 7) is 7.25. The molecule has 0 spiro atoms. The normalized spacial score (nSPS) is 33.1. The molecule has 21 heavy (non-hydrogen) atoms. The lowest BCUT2D eigenvalue weighted by atomic mass is 10.2. The van der Waals surface area contributed by atoms with Crippen molar-refractivity contribution in [2.75, 3.05) is 33.2 Å². The number of likely N-dealkylation sites (tertiary alicyclic amines) is 2. The molecule has 3 rings (SSSR count). The maximum atomic E-state index is 4.52. The van der Waals surface area contributed by atoms with Gasteiger partial charge in [0.15, 0.2) is 5.96 Å². The first-order chi connectivity index (χ1) is 9.81. The van der Waals surface area contributed by atoms with Gasteiger partial charge in [-0.3, -0.25) is 9.89 Å². The molecule has 0 radical (unpaired) electrons. The minimum atomic E-state index is 0. The van der Waals surface area contributed by atoms with Crippen molar-refractivity contribution in [1.82, 2.24) is 15.1 Å². The lowest BCUT2D eigenvalue weighted by Gasteiger charge is -2.25. The Morgan fingerprint density at radius 2 is 2.00 bits per heavy atom. The highest BCUT2D eigenvalue weighted by Crippen LogP contribution is 2.34. The number of hydrogen-bond acceptors (Lipinski definition) is 2. The smallest absolute Gasteiger partial charge is 0.193 e. The molecular formula is C16H31IN4. The van der Waals surface area contributed by atoms with Crippen molar-refractivity contribution in [3.05, 3.63) is 0 Å². The van der Waals surface area contributed by atoms with Crippen LogP contribution in [0.15, 0.2) is 4.99 Å². The Hall–Kier alpha value is -0.0400. The predicted octanol–water partition coefficient (Wildman–Crippen LogP) is 2.54. The molecule has 3 aliphatic rings. The molecule has 122 valence electrons. The van der Waals surface area contributed by atoms with Crippen molar-refractivity contribution in [2.24, 2.45) is 10.9 Å². The third kappa shape index (κ3) is 4.24. The van der Waals surface area contributed by atoms with Crippen molar-refractivity contribution in [2.45, 2.75) is 57.5 Å². The first kappa shape index (κ1) is 17.3. The zero-order valence-electron chi connectivity index (χ0n) is 13.6. The number of halogens is 1. The summed E-state index contributed by atoms with van der Waals surface area (Å²) in [7, 11) is 1.93. The predicted molar refractivity (Wildman–Crippen MR) is 99.5 cm³/mol. The number of nitrogens with zero attached hydrogens (tertiary/aromatic N) is 3. The minimum absolute atomic E-state index is 0. The average molecular weight is 406 g/mol. The van der Waals surface area contributed by atoms with E-state index in [1.165, 1.54) is 64.7 Å². The van der Waals surface area contributed by atoms with Crippen LogP contribution in [-0.4, -0.2) is 61.1 Å². The number of guanidine groups is 1. The lowest BCUT2D eigenvalue weighted by Crippen LogP contribution is -2.43. The van der Waals surface area contributed by atoms with E-state index in [1.54, 1.807) is 0 Å². The Labute approximate surface area is 146 Å². The third-order valence-corrected chi connectivity index (χ3v) is 5.23. The SMILES string of the molecule is CCCC1CC1NC(=NC)N1CCC(N2CCCC2)C1.I. The molecule has 2 aliphatic heterocycles. The first-order valence-electron chi connectivity index (χ1n) is 8.54. The molecule has 0 aromatic carbocycles. The summed E-state index contributed by atoms with van der Waals surface area (Å²) < 4.78 is 0. The van der Waals surface area contributed by atoms with E-state index in [-0.39, 0.29) is 24.0 Å². The first-order valence-corrected chi connectivity index (χ1v) is 8.54. The molecule has 5 heteroatoms. The summed E-state index contributed by atoms with van der Waals surface area (Å²) in [6, 6.07) is 1.46. The molecule has 1 saturated carbocycles. The summed E-state index contributed by atoms with van der Waals surface area (Å²) in [4.78, 5) is 9.68. The van der Waals surface area contributed by atoms with Crippen molar-refractivity contribution < 1.29 is 0 Å². The van der Waals surface area contributed by atoms with Gasteiger partial charge in [-0.25, -0.2) is 0 Å². The number of hydrogen-bond donors (Lipinski definition) is 1. The molecule has 1 aliphatic carbocycles. The lowest BCUT2D eigenvalue weighted by molar-refractivity contribution is 0.249. The molecule has 3 atom stereocenters. The molecule has 1 N–H and O–H groups in total. The van der Waals surface area contributed by atoms with Crippen LogP contribution in [0.1, 0.15) is 45.4 Å². The van der Waals surface area contributed by atoms with Crippen molar-refractivity contribution >= 4 is 29.9 Å². The number of aliphatic imine (C=N–C) groups is 1. The highest BCUT2D eigenvalue weighted by atomic mass is 127. The van der Waals surface area contributed by atoms with E-state index >= 15 is 0 Å². The van der Waals surface area contributed by atoms with Gasteiger partial charge < -0.3 is 10.2 Å². The van der Waals surface area contributed by atoms with Crippen molar-refractivity contribution in [3.63, 3.8) is 0 Å². The number of nitrogens with one attached hydrogen (secondary N) is 1. The molecule has 2 saturated heterocycles. The molecule has 3 unspecified atom stereocenters. The van der Waals surface area contributed by atoms with Gasteiger partial charge in [-0.2, -0.15) is 0 Å². The molecule has 3 fully saturated rings. The van der Waals surface area contributed by atoms with Gasteiger partial charge in [0.1, 0.15) is 0 Å². The molecule has 0 amide bonds. The van der Waals surface area contributed by atoms with Crippen LogP contribution in [0.4, 0.5) is 0 Å². The van der Waals surface area contributed by atoms with Gasteiger partial charge in [0.05, 0.1) is 0 Å². The Bertz CT molecular complexity index is 354. The van der Waals surface area contributed by atoms with Crippen LogP contribution in [-0.2, 0) is 0 Å². The van der Waals surface area contributed by atoms with E-state index in [1.807, 2.05) is 7.05 Å². The van der Waals surface area contributed by atoms with E-state index < -0.39 is 0 Å². The van der Waals surface area contributed by atoms with Crippen molar-refractivity contribution in [1.29, 1.82) is 0 Å². The van der Waals surface area contributed by atoms with Crippen LogP contribution in [0.2, 0.25) is 0 Å². The second kappa shape index (κ2) is 7.99. The average Bonchev–Trinajstić information content (AvgIpc) is 2.92. The summed E-state index contributed by atoms with van der Waals surface area (Å²) in [6.07, 6.45) is 8.11. The van der Waals surface area contributed by atoms with Gasteiger partial charge in [-0.15, -0.1) is 24.0 Å². The third-order valence-electron chi connectivity index (χ3n) is 5.23. The van der Waals surface area contributed by atoms with Crippen LogP contribution in [0.3, 0.4) is 0 Å². The van der Waals surface area contributed by atoms with Crippen LogP contribution >= 0.6 is 24.0 Å². The zero-order valence-corrected chi connectivity index (χ0v) is 15.9. The minimum Gasteiger partial charge on any atom is -0.353 e. The van der Waals surface area contributed by atoms with Crippen molar-refractivity contribution in [3.8, 4) is 0 Å². The summed E-state index contributed by atoms with van der Waals surface area (Å²) in [5.41, 5.74) is 0. The van der Waals surface area contributed by atoms with Crippen LogP contribution < -0.4 is 5.32 Å². The Kier molecular flexibility index (Phi) is 6.59. The largest absolute Gasteiger partial charge is 0.353 e. The Morgan fingerprint density at radius 1 is 1.24 bits per heavy atom. The van der Waals surface area contributed by atoms with E-state index in [9.17, 15) is 0 Å². The van der Waals surface area contributed by atoms with Gasteiger partial charge >= 0.3 is 0 Å². The van der Waals surface area contributed by atoms with Crippen LogP contribution in [0.25, 0.3) is 0 Å². The van der Waals surface area contributed by atoms with Gasteiger partial charge in [-0.1, -0.05) is 13.3 Å². The quantitative estimate of drug-likeness (QED) is 0.442. The fourth-order valence-electron chi connectivity index (χ4n) is 3.92. The van der Waals surface area contributed by atoms with E-state index in [0.29, 0.717) is 6.04 Å². The molecule has 0 bridgehead atoms. The summed E-state index contributed by atoms with van der Waals surface area (Å²) in [5.74, 6) is 2.05. The molecule has 4 nitrogen and oxygen atoms in total. The molecule has 0 aromatic rings.